The third-order valence-corrected chi connectivity index (χ3v) is 3.76. The van der Waals surface area contributed by atoms with Gasteiger partial charge in [-0.1, -0.05) is 33.6 Å². The molecule has 1 aliphatic rings. The Morgan fingerprint density at radius 2 is 1.93 bits per heavy atom. The van der Waals surface area contributed by atoms with Crippen LogP contribution >= 0.6 is 0 Å². The van der Waals surface area contributed by atoms with Crippen molar-refractivity contribution in [2.75, 3.05) is 6.54 Å². The summed E-state index contributed by atoms with van der Waals surface area (Å²) in [6.45, 7) is 7.75. The minimum atomic E-state index is -0.0593. The van der Waals surface area contributed by atoms with E-state index in [4.69, 9.17) is 0 Å². The van der Waals surface area contributed by atoms with Crippen LogP contribution in [-0.4, -0.2) is 23.8 Å². The first-order valence-corrected chi connectivity index (χ1v) is 6.56. The fourth-order valence-corrected chi connectivity index (χ4v) is 2.58. The van der Waals surface area contributed by atoms with E-state index in [0.717, 1.165) is 13.0 Å². The van der Waals surface area contributed by atoms with Crippen molar-refractivity contribution in [2.24, 2.45) is 11.8 Å². The largest absolute Gasteiger partial charge is 0.393 e. The number of hydrogen-bond donors (Lipinski definition) is 2. The molecule has 0 aromatic carbocycles. The molecule has 3 atom stereocenters. The molecule has 2 heteroatoms. The molecule has 2 N–H and O–H groups in total. The van der Waals surface area contributed by atoms with E-state index in [-0.39, 0.29) is 6.10 Å². The van der Waals surface area contributed by atoms with Crippen LogP contribution in [0.3, 0.4) is 0 Å². The summed E-state index contributed by atoms with van der Waals surface area (Å²) in [4.78, 5) is 0. The van der Waals surface area contributed by atoms with Crippen LogP contribution in [0.1, 0.15) is 52.9 Å². The number of aliphatic hydroxyl groups excluding tert-OH is 1. The monoisotopic (exact) mass is 213 g/mol. The SMILES string of the molecule is CCC(NCC1CCCCC1O)C(C)C. The molecule has 0 aromatic heterocycles. The van der Waals surface area contributed by atoms with Gasteiger partial charge in [-0.15, -0.1) is 0 Å². The fraction of sp³-hybridized carbons (Fsp3) is 1.00. The van der Waals surface area contributed by atoms with Gasteiger partial charge >= 0.3 is 0 Å². The Hall–Kier alpha value is -0.0800. The van der Waals surface area contributed by atoms with Crippen molar-refractivity contribution in [3.63, 3.8) is 0 Å². The van der Waals surface area contributed by atoms with Gasteiger partial charge in [0.1, 0.15) is 0 Å². The average molecular weight is 213 g/mol. The molecule has 0 heterocycles. The van der Waals surface area contributed by atoms with E-state index in [0.29, 0.717) is 17.9 Å². The van der Waals surface area contributed by atoms with Crippen molar-refractivity contribution in [1.82, 2.24) is 5.32 Å². The molecule has 1 rings (SSSR count). The molecule has 15 heavy (non-hydrogen) atoms. The summed E-state index contributed by atoms with van der Waals surface area (Å²) in [5.74, 6) is 1.18. The highest BCUT2D eigenvalue weighted by atomic mass is 16.3. The van der Waals surface area contributed by atoms with E-state index in [1.54, 1.807) is 0 Å². The van der Waals surface area contributed by atoms with E-state index in [9.17, 15) is 5.11 Å². The van der Waals surface area contributed by atoms with Gasteiger partial charge in [0.25, 0.3) is 0 Å². The minimum Gasteiger partial charge on any atom is -0.393 e. The fourth-order valence-electron chi connectivity index (χ4n) is 2.58. The first-order chi connectivity index (χ1) is 7.15. The summed E-state index contributed by atoms with van der Waals surface area (Å²) in [6.07, 6.45) is 5.82. The second-order valence-electron chi connectivity index (χ2n) is 5.28. The molecule has 0 aromatic rings. The maximum Gasteiger partial charge on any atom is 0.0580 e. The zero-order valence-corrected chi connectivity index (χ0v) is 10.5. The van der Waals surface area contributed by atoms with Crippen molar-refractivity contribution in [3.8, 4) is 0 Å². The van der Waals surface area contributed by atoms with Crippen LogP contribution in [0.4, 0.5) is 0 Å². The second kappa shape index (κ2) is 6.49. The van der Waals surface area contributed by atoms with Gasteiger partial charge in [0.2, 0.25) is 0 Å². The topological polar surface area (TPSA) is 32.3 Å². The molecule has 0 bridgehead atoms. The Bertz CT molecular complexity index is 170. The molecule has 1 saturated carbocycles. The van der Waals surface area contributed by atoms with Gasteiger partial charge in [-0.05, 0) is 31.1 Å². The standard InChI is InChI=1S/C13H27NO/c1-4-12(10(2)3)14-9-11-7-5-6-8-13(11)15/h10-15H,4-9H2,1-3H3. The smallest absolute Gasteiger partial charge is 0.0580 e. The quantitative estimate of drug-likeness (QED) is 0.735. The molecule has 90 valence electrons. The van der Waals surface area contributed by atoms with Crippen LogP contribution < -0.4 is 5.32 Å². The predicted molar refractivity (Wildman–Crippen MR) is 64.9 cm³/mol. The van der Waals surface area contributed by atoms with Crippen LogP contribution in [0.2, 0.25) is 0 Å². The van der Waals surface area contributed by atoms with Gasteiger partial charge in [-0.3, -0.25) is 0 Å². The van der Waals surface area contributed by atoms with E-state index in [2.05, 4.69) is 26.1 Å². The van der Waals surface area contributed by atoms with E-state index >= 15 is 0 Å². The van der Waals surface area contributed by atoms with Gasteiger partial charge in [0.05, 0.1) is 6.10 Å². The zero-order valence-electron chi connectivity index (χ0n) is 10.5. The Kier molecular flexibility index (Phi) is 5.62. The number of nitrogens with one attached hydrogen (secondary N) is 1. The first-order valence-electron chi connectivity index (χ1n) is 6.56. The van der Waals surface area contributed by atoms with E-state index in [1.807, 2.05) is 0 Å². The van der Waals surface area contributed by atoms with Gasteiger partial charge in [0.15, 0.2) is 0 Å². The van der Waals surface area contributed by atoms with Crippen LogP contribution in [0, 0.1) is 11.8 Å². The van der Waals surface area contributed by atoms with Crippen LogP contribution in [-0.2, 0) is 0 Å². The molecule has 0 saturated heterocycles. The lowest BCUT2D eigenvalue weighted by Gasteiger charge is -2.30. The summed E-state index contributed by atoms with van der Waals surface area (Å²) in [5.41, 5.74) is 0. The zero-order chi connectivity index (χ0) is 11.3. The molecular weight excluding hydrogens is 186 g/mol. The second-order valence-corrected chi connectivity index (χ2v) is 5.28. The molecule has 1 aliphatic carbocycles. The maximum atomic E-state index is 9.85. The summed E-state index contributed by atoms with van der Waals surface area (Å²) in [6, 6.07) is 0.610. The highest BCUT2D eigenvalue weighted by molar-refractivity contribution is 4.78. The Labute approximate surface area is 94.5 Å². The molecule has 0 aliphatic heterocycles. The summed E-state index contributed by atoms with van der Waals surface area (Å²) in [7, 11) is 0. The Morgan fingerprint density at radius 1 is 1.27 bits per heavy atom. The van der Waals surface area contributed by atoms with Crippen LogP contribution in [0.25, 0.3) is 0 Å². The number of hydrogen-bond acceptors (Lipinski definition) is 2. The van der Waals surface area contributed by atoms with Crippen LogP contribution in [0.5, 0.6) is 0 Å². The highest BCUT2D eigenvalue weighted by Gasteiger charge is 2.23. The molecular formula is C13H27NO. The first kappa shape index (κ1) is 13.0. The molecule has 3 unspecified atom stereocenters. The maximum absolute atomic E-state index is 9.85. The summed E-state index contributed by atoms with van der Waals surface area (Å²) >= 11 is 0. The van der Waals surface area contributed by atoms with Crippen LogP contribution in [0.15, 0.2) is 0 Å². The predicted octanol–water partition coefficient (Wildman–Crippen LogP) is 2.56. The normalized spacial score (nSPS) is 29.4. The number of aliphatic hydroxyl groups is 1. The molecule has 0 radical (unpaired) electrons. The molecule has 0 amide bonds. The van der Waals surface area contributed by atoms with E-state index in [1.165, 1.54) is 25.7 Å². The Morgan fingerprint density at radius 3 is 2.47 bits per heavy atom. The third-order valence-electron chi connectivity index (χ3n) is 3.76. The number of rotatable bonds is 5. The molecule has 0 spiro atoms. The van der Waals surface area contributed by atoms with Crippen molar-refractivity contribution < 1.29 is 5.11 Å². The lowest BCUT2D eigenvalue weighted by Crippen LogP contribution is -2.40. The van der Waals surface area contributed by atoms with Crippen molar-refractivity contribution >= 4 is 0 Å². The third kappa shape index (κ3) is 4.12. The summed E-state index contributed by atoms with van der Waals surface area (Å²) < 4.78 is 0. The molecule has 1 fully saturated rings. The van der Waals surface area contributed by atoms with Gasteiger partial charge in [-0.25, -0.2) is 0 Å². The summed E-state index contributed by atoms with van der Waals surface area (Å²) in [5, 5.41) is 13.5. The molecule has 2 nitrogen and oxygen atoms in total. The van der Waals surface area contributed by atoms with Gasteiger partial charge in [-0.2, -0.15) is 0 Å². The lowest BCUT2D eigenvalue weighted by molar-refractivity contribution is 0.0670. The Balaban J connectivity index is 2.27. The average Bonchev–Trinajstić information content (AvgIpc) is 2.21. The highest BCUT2D eigenvalue weighted by Crippen LogP contribution is 2.24. The van der Waals surface area contributed by atoms with Gasteiger partial charge < -0.3 is 10.4 Å². The van der Waals surface area contributed by atoms with Crippen molar-refractivity contribution in [3.05, 3.63) is 0 Å². The lowest BCUT2D eigenvalue weighted by atomic mass is 9.86. The minimum absolute atomic E-state index is 0.0593. The van der Waals surface area contributed by atoms with Gasteiger partial charge in [0, 0.05) is 12.6 Å². The van der Waals surface area contributed by atoms with Crippen molar-refractivity contribution in [2.45, 2.75) is 65.0 Å². The van der Waals surface area contributed by atoms with E-state index < -0.39 is 0 Å². The van der Waals surface area contributed by atoms with Crippen molar-refractivity contribution in [1.29, 1.82) is 0 Å².